The summed E-state index contributed by atoms with van der Waals surface area (Å²) in [5, 5.41) is 9.57. The van der Waals surface area contributed by atoms with Crippen LogP contribution in [0.15, 0.2) is 77.7 Å². The molecule has 0 aliphatic carbocycles. The van der Waals surface area contributed by atoms with Gasteiger partial charge in [-0.2, -0.15) is 9.57 Å². The number of ether oxygens (including phenoxy) is 3. The van der Waals surface area contributed by atoms with Crippen LogP contribution in [-0.2, 0) is 30.9 Å². The van der Waals surface area contributed by atoms with Crippen LogP contribution >= 0.6 is 11.6 Å². The van der Waals surface area contributed by atoms with Crippen LogP contribution in [0.2, 0.25) is 5.02 Å². The van der Waals surface area contributed by atoms with E-state index in [-0.39, 0.29) is 34.2 Å². The summed E-state index contributed by atoms with van der Waals surface area (Å²) in [4.78, 5) is 12.4. The summed E-state index contributed by atoms with van der Waals surface area (Å²) in [6.07, 6.45) is -0.287. The summed E-state index contributed by atoms with van der Waals surface area (Å²) in [7, 11) is -2.82. The molecule has 2 atom stereocenters. The van der Waals surface area contributed by atoms with Crippen LogP contribution in [0.5, 0.6) is 11.5 Å². The first-order valence-electron chi connectivity index (χ1n) is 11.0. The highest BCUT2D eigenvalue weighted by molar-refractivity contribution is 7.89. The van der Waals surface area contributed by atoms with Crippen molar-refractivity contribution in [2.24, 2.45) is 0 Å². The largest absolute Gasteiger partial charge is 0.468 e. The molecular formula is C26H23ClN2O6S. The number of methoxy groups -OCH3 is 1. The Labute approximate surface area is 214 Å². The Hall–Kier alpha value is -3.42. The van der Waals surface area contributed by atoms with Gasteiger partial charge in [0.25, 0.3) is 0 Å². The fourth-order valence-corrected chi connectivity index (χ4v) is 5.76. The Morgan fingerprint density at radius 3 is 2.47 bits per heavy atom. The summed E-state index contributed by atoms with van der Waals surface area (Å²) in [5.41, 5.74) is 1.12. The van der Waals surface area contributed by atoms with Crippen LogP contribution in [0.4, 0.5) is 0 Å². The lowest BCUT2D eigenvalue weighted by molar-refractivity contribution is -0.144. The molecule has 1 heterocycles. The SMILES string of the molecule is COC(=O)C1CC(OCc2ccccc2)CN1S(=O)(=O)c1ccc(Oc2cccc(Cl)c2C#N)cc1. The first-order valence-corrected chi connectivity index (χ1v) is 12.9. The minimum Gasteiger partial charge on any atom is -0.468 e. The van der Waals surface area contributed by atoms with Gasteiger partial charge in [0.05, 0.1) is 29.7 Å². The molecule has 0 amide bonds. The highest BCUT2D eigenvalue weighted by Crippen LogP contribution is 2.32. The molecular weight excluding hydrogens is 504 g/mol. The van der Waals surface area contributed by atoms with Crippen molar-refractivity contribution < 1.29 is 27.4 Å². The minimum atomic E-state index is -4.04. The third kappa shape index (κ3) is 5.53. The Morgan fingerprint density at radius 2 is 1.81 bits per heavy atom. The smallest absolute Gasteiger partial charge is 0.324 e. The van der Waals surface area contributed by atoms with Gasteiger partial charge in [0.2, 0.25) is 10.0 Å². The maximum Gasteiger partial charge on any atom is 0.324 e. The number of carbonyl (C=O) groups excluding carboxylic acids is 1. The van der Waals surface area contributed by atoms with E-state index in [1.807, 2.05) is 36.4 Å². The molecule has 3 aromatic carbocycles. The van der Waals surface area contributed by atoms with Crippen LogP contribution in [0, 0.1) is 11.3 Å². The third-order valence-electron chi connectivity index (χ3n) is 5.76. The van der Waals surface area contributed by atoms with Crippen LogP contribution < -0.4 is 4.74 Å². The van der Waals surface area contributed by atoms with Gasteiger partial charge in [-0.1, -0.05) is 48.0 Å². The molecule has 1 aliphatic heterocycles. The van der Waals surface area contributed by atoms with Gasteiger partial charge in [-0.05, 0) is 42.0 Å². The Kier molecular flexibility index (Phi) is 7.91. The topological polar surface area (TPSA) is 106 Å². The number of benzene rings is 3. The van der Waals surface area contributed by atoms with E-state index in [1.54, 1.807) is 18.2 Å². The van der Waals surface area contributed by atoms with Crippen LogP contribution in [0.1, 0.15) is 17.5 Å². The Morgan fingerprint density at radius 1 is 1.08 bits per heavy atom. The molecule has 0 aromatic heterocycles. The van der Waals surface area contributed by atoms with E-state index in [0.717, 1.165) is 9.87 Å². The number of hydrogen-bond acceptors (Lipinski definition) is 7. The van der Waals surface area contributed by atoms with Gasteiger partial charge in [0.15, 0.2) is 0 Å². The predicted molar refractivity (Wildman–Crippen MR) is 132 cm³/mol. The average molecular weight is 527 g/mol. The molecule has 3 aromatic rings. The highest BCUT2D eigenvalue weighted by atomic mass is 35.5. The van der Waals surface area contributed by atoms with Crippen LogP contribution in [-0.4, -0.2) is 44.5 Å². The van der Waals surface area contributed by atoms with E-state index in [4.69, 9.17) is 25.8 Å². The zero-order valence-electron chi connectivity index (χ0n) is 19.3. The maximum absolute atomic E-state index is 13.5. The van der Waals surface area contributed by atoms with Crippen LogP contribution in [0.3, 0.4) is 0 Å². The predicted octanol–water partition coefficient (Wildman–Crippen LogP) is 4.53. The molecule has 1 saturated heterocycles. The molecule has 0 N–H and O–H groups in total. The summed E-state index contributed by atoms with van der Waals surface area (Å²) < 4.78 is 44.6. The lowest BCUT2D eigenvalue weighted by Crippen LogP contribution is -2.41. The number of halogens is 1. The molecule has 36 heavy (non-hydrogen) atoms. The molecule has 4 rings (SSSR count). The van der Waals surface area contributed by atoms with Crippen molar-refractivity contribution in [3.05, 3.63) is 88.9 Å². The molecule has 1 aliphatic rings. The minimum absolute atomic E-state index is 0.0148. The fourth-order valence-electron chi connectivity index (χ4n) is 3.93. The van der Waals surface area contributed by atoms with E-state index in [0.29, 0.717) is 12.4 Å². The number of carbonyl (C=O) groups is 1. The Balaban J connectivity index is 1.52. The summed E-state index contributed by atoms with van der Waals surface area (Å²) in [5.74, 6) is -0.0682. The summed E-state index contributed by atoms with van der Waals surface area (Å²) in [6.45, 7) is 0.314. The van der Waals surface area contributed by atoms with Crippen molar-refractivity contribution in [3.63, 3.8) is 0 Å². The van der Waals surface area contributed by atoms with E-state index < -0.39 is 28.1 Å². The molecule has 8 nitrogen and oxygen atoms in total. The molecule has 0 bridgehead atoms. The van der Waals surface area contributed by atoms with E-state index >= 15 is 0 Å². The first kappa shape index (κ1) is 25.7. The van der Waals surface area contributed by atoms with Gasteiger partial charge in [-0.15, -0.1) is 0 Å². The molecule has 0 saturated carbocycles. The number of hydrogen-bond donors (Lipinski definition) is 0. The lowest BCUT2D eigenvalue weighted by Gasteiger charge is -2.22. The van der Waals surface area contributed by atoms with Crippen molar-refractivity contribution in [2.75, 3.05) is 13.7 Å². The molecule has 2 unspecified atom stereocenters. The molecule has 0 spiro atoms. The second kappa shape index (κ2) is 11.1. The monoisotopic (exact) mass is 526 g/mol. The Bertz CT molecular complexity index is 1370. The van der Waals surface area contributed by atoms with Crippen molar-refractivity contribution in [1.29, 1.82) is 5.26 Å². The maximum atomic E-state index is 13.5. The number of sulfonamides is 1. The normalized spacial score (nSPS) is 17.9. The molecule has 186 valence electrons. The number of esters is 1. The summed E-state index contributed by atoms with van der Waals surface area (Å²) in [6, 6.07) is 21.0. The molecule has 1 fully saturated rings. The van der Waals surface area contributed by atoms with Gasteiger partial charge < -0.3 is 14.2 Å². The van der Waals surface area contributed by atoms with Crippen LogP contribution in [0.25, 0.3) is 0 Å². The highest BCUT2D eigenvalue weighted by Gasteiger charge is 2.45. The van der Waals surface area contributed by atoms with Crippen molar-refractivity contribution in [1.82, 2.24) is 4.31 Å². The number of rotatable bonds is 8. The van der Waals surface area contributed by atoms with E-state index in [1.165, 1.54) is 31.4 Å². The van der Waals surface area contributed by atoms with Gasteiger partial charge in [0.1, 0.15) is 29.2 Å². The molecule has 10 heteroatoms. The zero-order valence-corrected chi connectivity index (χ0v) is 20.9. The molecule has 0 radical (unpaired) electrons. The van der Waals surface area contributed by atoms with Crippen molar-refractivity contribution in [2.45, 2.75) is 30.1 Å². The quantitative estimate of drug-likeness (QED) is 0.397. The zero-order chi connectivity index (χ0) is 25.7. The van der Waals surface area contributed by atoms with Gasteiger partial charge in [0, 0.05) is 13.0 Å². The average Bonchev–Trinajstić information content (AvgIpc) is 3.33. The summed E-state index contributed by atoms with van der Waals surface area (Å²) >= 11 is 6.04. The van der Waals surface area contributed by atoms with Crippen molar-refractivity contribution in [3.8, 4) is 17.6 Å². The van der Waals surface area contributed by atoms with Gasteiger partial charge >= 0.3 is 5.97 Å². The third-order valence-corrected chi connectivity index (χ3v) is 7.97. The fraction of sp³-hybridized carbons (Fsp3) is 0.231. The second-order valence-electron chi connectivity index (χ2n) is 8.07. The number of nitriles is 1. The van der Waals surface area contributed by atoms with E-state index in [9.17, 15) is 18.5 Å². The van der Waals surface area contributed by atoms with Crippen molar-refractivity contribution >= 4 is 27.6 Å². The second-order valence-corrected chi connectivity index (χ2v) is 10.4. The first-order chi connectivity index (χ1) is 17.3. The number of nitrogens with zero attached hydrogens (tertiary/aromatic N) is 2. The lowest BCUT2D eigenvalue weighted by atomic mass is 10.2. The standard InChI is InChI=1S/C26H23ClN2O6S/c1-33-26(30)24-14-20(34-17-18-6-3-2-4-7-18)16-29(24)36(31,32)21-12-10-19(11-13-21)35-25-9-5-8-23(27)22(25)15-28/h2-13,20,24H,14,16-17H2,1H3. The van der Waals surface area contributed by atoms with E-state index in [2.05, 4.69) is 0 Å². The van der Waals surface area contributed by atoms with Gasteiger partial charge in [-0.3, -0.25) is 4.79 Å². The van der Waals surface area contributed by atoms with Gasteiger partial charge in [-0.25, -0.2) is 8.42 Å².